The lowest BCUT2D eigenvalue weighted by Crippen LogP contribution is -2.14. The molecule has 0 fully saturated rings. The van der Waals surface area contributed by atoms with E-state index < -0.39 is 0 Å². The van der Waals surface area contributed by atoms with Crippen molar-refractivity contribution in [1.82, 2.24) is 0 Å². The van der Waals surface area contributed by atoms with Crippen LogP contribution in [0.4, 0.5) is 0 Å². The lowest BCUT2D eigenvalue weighted by Gasteiger charge is -2.13. The predicted octanol–water partition coefficient (Wildman–Crippen LogP) is 1.37. The fourth-order valence-corrected chi connectivity index (χ4v) is 0.545. The van der Waals surface area contributed by atoms with E-state index in [0.29, 0.717) is 12.5 Å². The zero-order chi connectivity index (χ0) is 7.28. The van der Waals surface area contributed by atoms with Crippen molar-refractivity contribution in [3.8, 4) is 0 Å². The molecular formula is C6H13BrO2. The summed E-state index contributed by atoms with van der Waals surface area (Å²) in [6.07, 6.45) is 0. The van der Waals surface area contributed by atoms with E-state index in [-0.39, 0.29) is 11.6 Å². The SMILES string of the molecule is CC(C)C(Br)OCCO. The van der Waals surface area contributed by atoms with E-state index in [9.17, 15) is 0 Å². The topological polar surface area (TPSA) is 29.5 Å². The Balaban J connectivity index is 3.16. The van der Waals surface area contributed by atoms with Gasteiger partial charge in [-0.25, -0.2) is 0 Å². The van der Waals surface area contributed by atoms with Gasteiger partial charge in [-0.05, 0) is 5.92 Å². The predicted molar refractivity (Wildman–Crippen MR) is 40.6 cm³/mol. The Morgan fingerprint density at radius 2 is 2.11 bits per heavy atom. The van der Waals surface area contributed by atoms with Crippen molar-refractivity contribution in [2.75, 3.05) is 13.2 Å². The lowest BCUT2D eigenvalue weighted by atomic mass is 10.2. The molecule has 0 heterocycles. The number of hydrogen-bond donors (Lipinski definition) is 1. The molecule has 0 aromatic carbocycles. The molecule has 0 aromatic rings. The number of hydrogen-bond acceptors (Lipinski definition) is 2. The molecule has 0 rings (SSSR count). The minimum atomic E-state index is 0.0737. The number of ether oxygens (including phenoxy) is 1. The van der Waals surface area contributed by atoms with Crippen LogP contribution in [0.2, 0.25) is 0 Å². The van der Waals surface area contributed by atoms with Gasteiger partial charge in [0.1, 0.15) is 5.01 Å². The Kier molecular flexibility index (Phi) is 5.44. The van der Waals surface area contributed by atoms with E-state index in [1.165, 1.54) is 0 Å². The smallest absolute Gasteiger partial charge is 0.114 e. The van der Waals surface area contributed by atoms with E-state index in [4.69, 9.17) is 9.84 Å². The summed E-state index contributed by atoms with van der Waals surface area (Å²) < 4.78 is 5.12. The van der Waals surface area contributed by atoms with Crippen molar-refractivity contribution in [2.45, 2.75) is 18.9 Å². The third kappa shape index (κ3) is 4.88. The van der Waals surface area contributed by atoms with Crippen molar-refractivity contribution in [3.63, 3.8) is 0 Å². The molecule has 0 aliphatic heterocycles. The Bertz CT molecular complexity index is 66.1. The summed E-state index contributed by atoms with van der Waals surface area (Å²) in [6, 6.07) is 0. The van der Waals surface area contributed by atoms with Crippen molar-refractivity contribution in [3.05, 3.63) is 0 Å². The van der Waals surface area contributed by atoms with Crippen LogP contribution in [0.5, 0.6) is 0 Å². The first-order valence-electron chi connectivity index (χ1n) is 3.05. The van der Waals surface area contributed by atoms with E-state index in [0.717, 1.165) is 0 Å². The first-order valence-corrected chi connectivity index (χ1v) is 3.96. The van der Waals surface area contributed by atoms with E-state index >= 15 is 0 Å². The number of alkyl halides is 1. The first kappa shape index (κ1) is 9.40. The summed E-state index contributed by atoms with van der Waals surface area (Å²) in [5.74, 6) is 0.455. The summed E-state index contributed by atoms with van der Waals surface area (Å²) in [5.41, 5.74) is 0. The summed E-state index contributed by atoms with van der Waals surface area (Å²) in [7, 11) is 0. The van der Waals surface area contributed by atoms with Gasteiger partial charge >= 0.3 is 0 Å². The van der Waals surface area contributed by atoms with Crippen LogP contribution in [0.25, 0.3) is 0 Å². The maximum absolute atomic E-state index is 8.35. The largest absolute Gasteiger partial charge is 0.394 e. The zero-order valence-electron chi connectivity index (χ0n) is 5.80. The highest BCUT2D eigenvalue weighted by Gasteiger charge is 2.07. The number of aliphatic hydroxyl groups excluding tert-OH is 1. The Labute approximate surface area is 64.3 Å². The molecule has 0 aliphatic rings. The van der Waals surface area contributed by atoms with Crippen LogP contribution in [0, 0.1) is 5.92 Å². The molecule has 56 valence electrons. The molecule has 1 unspecified atom stereocenters. The van der Waals surface area contributed by atoms with Crippen molar-refractivity contribution < 1.29 is 9.84 Å². The molecule has 1 N–H and O–H groups in total. The second-order valence-corrected chi connectivity index (χ2v) is 3.09. The summed E-state index contributed by atoms with van der Waals surface area (Å²) in [5, 5.41) is 8.42. The third-order valence-corrected chi connectivity index (χ3v) is 2.21. The van der Waals surface area contributed by atoms with Crippen LogP contribution in [-0.4, -0.2) is 23.3 Å². The quantitative estimate of drug-likeness (QED) is 0.689. The Hall–Kier alpha value is 0.400. The molecule has 0 bridgehead atoms. The molecular weight excluding hydrogens is 184 g/mol. The van der Waals surface area contributed by atoms with Crippen LogP contribution >= 0.6 is 15.9 Å². The van der Waals surface area contributed by atoms with Gasteiger partial charge in [0.15, 0.2) is 0 Å². The number of rotatable bonds is 4. The van der Waals surface area contributed by atoms with Crippen LogP contribution in [-0.2, 0) is 4.74 Å². The van der Waals surface area contributed by atoms with Gasteiger partial charge in [-0.1, -0.05) is 29.8 Å². The third-order valence-electron chi connectivity index (χ3n) is 0.892. The molecule has 0 spiro atoms. The molecule has 3 heteroatoms. The molecule has 1 atom stereocenters. The highest BCUT2D eigenvalue weighted by Crippen LogP contribution is 2.12. The standard InChI is InChI=1S/C6H13BrO2/c1-5(2)6(7)9-4-3-8/h5-6,8H,3-4H2,1-2H3. The van der Waals surface area contributed by atoms with Gasteiger partial charge in [0.25, 0.3) is 0 Å². The van der Waals surface area contributed by atoms with E-state index in [1.807, 2.05) is 0 Å². The van der Waals surface area contributed by atoms with Crippen molar-refractivity contribution in [2.24, 2.45) is 5.92 Å². The summed E-state index contributed by atoms with van der Waals surface area (Å²) in [6.45, 7) is 4.61. The summed E-state index contributed by atoms with van der Waals surface area (Å²) in [4.78, 5) is 0. The summed E-state index contributed by atoms with van der Waals surface area (Å²) >= 11 is 3.31. The van der Waals surface area contributed by atoms with Gasteiger partial charge in [0, 0.05) is 0 Å². The van der Waals surface area contributed by atoms with Gasteiger partial charge < -0.3 is 9.84 Å². The maximum atomic E-state index is 8.35. The van der Waals surface area contributed by atoms with Crippen molar-refractivity contribution in [1.29, 1.82) is 0 Å². The molecule has 0 amide bonds. The Morgan fingerprint density at radius 1 is 1.56 bits per heavy atom. The number of halogens is 1. The minimum absolute atomic E-state index is 0.0737. The fraction of sp³-hybridized carbons (Fsp3) is 1.00. The molecule has 2 nitrogen and oxygen atoms in total. The van der Waals surface area contributed by atoms with Crippen molar-refractivity contribution >= 4 is 15.9 Å². The van der Waals surface area contributed by atoms with Gasteiger partial charge in [-0.15, -0.1) is 0 Å². The number of aliphatic hydroxyl groups is 1. The zero-order valence-corrected chi connectivity index (χ0v) is 7.39. The lowest BCUT2D eigenvalue weighted by molar-refractivity contribution is 0.0583. The Morgan fingerprint density at radius 3 is 2.44 bits per heavy atom. The molecule has 9 heavy (non-hydrogen) atoms. The molecule has 0 aromatic heterocycles. The van der Waals surface area contributed by atoms with E-state index in [2.05, 4.69) is 29.8 Å². The normalized spacial score (nSPS) is 14.3. The van der Waals surface area contributed by atoms with Gasteiger partial charge in [0.2, 0.25) is 0 Å². The van der Waals surface area contributed by atoms with Crippen LogP contribution in [0.15, 0.2) is 0 Å². The molecule has 0 radical (unpaired) electrons. The highest BCUT2D eigenvalue weighted by molar-refractivity contribution is 9.09. The van der Waals surface area contributed by atoms with Gasteiger partial charge in [0.05, 0.1) is 13.2 Å². The minimum Gasteiger partial charge on any atom is -0.394 e. The molecule has 0 saturated heterocycles. The first-order chi connectivity index (χ1) is 4.18. The van der Waals surface area contributed by atoms with Gasteiger partial charge in [-0.3, -0.25) is 0 Å². The van der Waals surface area contributed by atoms with Crippen LogP contribution in [0.1, 0.15) is 13.8 Å². The monoisotopic (exact) mass is 196 g/mol. The fourth-order valence-electron chi connectivity index (χ4n) is 0.358. The maximum Gasteiger partial charge on any atom is 0.114 e. The molecule has 0 aliphatic carbocycles. The highest BCUT2D eigenvalue weighted by atomic mass is 79.9. The van der Waals surface area contributed by atoms with Gasteiger partial charge in [-0.2, -0.15) is 0 Å². The van der Waals surface area contributed by atoms with Crippen LogP contribution < -0.4 is 0 Å². The average Bonchev–Trinajstić information content (AvgIpc) is 1.82. The second kappa shape index (κ2) is 5.21. The van der Waals surface area contributed by atoms with E-state index in [1.54, 1.807) is 0 Å². The average molecular weight is 197 g/mol. The molecule has 0 saturated carbocycles. The van der Waals surface area contributed by atoms with Crippen LogP contribution in [0.3, 0.4) is 0 Å². The second-order valence-electron chi connectivity index (χ2n) is 2.19.